The first kappa shape index (κ1) is 21.1. The van der Waals surface area contributed by atoms with Crippen molar-refractivity contribution in [3.05, 3.63) is 48.0 Å². The number of carbonyl (C=O) groups is 1. The number of nitrogens with one attached hydrogen (secondary N) is 1. The van der Waals surface area contributed by atoms with Crippen LogP contribution in [0, 0.1) is 12.8 Å². The van der Waals surface area contributed by atoms with Gasteiger partial charge in [-0.1, -0.05) is 12.1 Å². The monoisotopic (exact) mass is 410 g/mol. The van der Waals surface area contributed by atoms with Crippen molar-refractivity contribution >= 4 is 5.91 Å². The van der Waals surface area contributed by atoms with Crippen LogP contribution in [0.3, 0.4) is 0 Å². The smallest absolute Gasteiger partial charge is 0.220 e. The molecule has 6 nitrogen and oxygen atoms in total. The number of nitrogens with zero attached hydrogens (tertiary/aromatic N) is 3. The second-order valence-electron chi connectivity index (χ2n) is 8.75. The molecule has 4 rings (SSSR count). The number of imidazole rings is 1. The van der Waals surface area contributed by atoms with Gasteiger partial charge in [0.25, 0.3) is 0 Å². The van der Waals surface area contributed by atoms with Crippen LogP contribution in [0.2, 0.25) is 0 Å². The lowest BCUT2D eigenvalue weighted by Gasteiger charge is -2.31. The van der Waals surface area contributed by atoms with Gasteiger partial charge in [-0.15, -0.1) is 0 Å². The summed E-state index contributed by atoms with van der Waals surface area (Å²) in [5, 5.41) is 3.04. The number of hydrogen-bond acceptors (Lipinski definition) is 4. The van der Waals surface area contributed by atoms with Crippen LogP contribution in [0.5, 0.6) is 0 Å². The molecule has 2 saturated heterocycles. The van der Waals surface area contributed by atoms with Crippen molar-refractivity contribution in [2.45, 2.75) is 58.1 Å². The second kappa shape index (κ2) is 10.2. The van der Waals surface area contributed by atoms with E-state index in [1.807, 2.05) is 12.4 Å². The Kier molecular flexibility index (Phi) is 7.18. The summed E-state index contributed by atoms with van der Waals surface area (Å²) in [6.45, 7) is 6.64. The van der Waals surface area contributed by atoms with Gasteiger partial charge in [0.2, 0.25) is 5.91 Å². The molecule has 0 unspecified atom stereocenters. The quantitative estimate of drug-likeness (QED) is 0.724. The lowest BCUT2D eigenvalue weighted by molar-refractivity contribution is -0.122. The lowest BCUT2D eigenvalue weighted by atomic mass is 9.92. The summed E-state index contributed by atoms with van der Waals surface area (Å²) in [6, 6.07) is 8.54. The Hall–Kier alpha value is -2.18. The van der Waals surface area contributed by atoms with Crippen molar-refractivity contribution in [2.75, 3.05) is 26.2 Å². The van der Waals surface area contributed by atoms with Gasteiger partial charge in [0.05, 0.1) is 12.6 Å². The largest absolute Gasteiger partial charge is 0.376 e. The number of aryl methyl sites for hydroxylation is 1. The highest BCUT2D eigenvalue weighted by molar-refractivity contribution is 5.75. The maximum atomic E-state index is 12.1. The summed E-state index contributed by atoms with van der Waals surface area (Å²) in [6.07, 6.45) is 10.3. The summed E-state index contributed by atoms with van der Waals surface area (Å²) in [7, 11) is 0. The Labute approximate surface area is 179 Å². The van der Waals surface area contributed by atoms with E-state index >= 15 is 0 Å². The van der Waals surface area contributed by atoms with E-state index in [-0.39, 0.29) is 12.0 Å². The summed E-state index contributed by atoms with van der Waals surface area (Å²) < 4.78 is 7.76. The van der Waals surface area contributed by atoms with E-state index in [4.69, 9.17) is 4.74 Å². The highest BCUT2D eigenvalue weighted by Gasteiger charge is 2.22. The standard InChI is InChI=1S/C24H34N4O2/c1-19-4-2-5-21(16-19)28-14-11-25-23(28)18-27-12-9-20(10-13-27)7-8-24(29)26-17-22-6-3-15-30-22/h2,4-5,11,14,16,20,22H,3,6-10,12-13,15,17-18H2,1H3,(H,26,29)/t22-/m0/s1. The Morgan fingerprint density at radius 1 is 1.27 bits per heavy atom. The van der Waals surface area contributed by atoms with Gasteiger partial charge in [-0.05, 0) is 75.7 Å². The fourth-order valence-electron chi connectivity index (χ4n) is 4.55. The normalized spacial score (nSPS) is 20.5. The molecule has 2 aromatic rings. The minimum absolute atomic E-state index is 0.174. The van der Waals surface area contributed by atoms with Gasteiger partial charge in [0.1, 0.15) is 5.82 Å². The maximum absolute atomic E-state index is 12.1. The van der Waals surface area contributed by atoms with Crippen molar-refractivity contribution in [2.24, 2.45) is 5.92 Å². The van der Waals surface area contributed by atoms with Gasteiger partial charge in [-0.3, -0.25) is 9.69 Å². The highest BCUT2D eigenvalue weighted by atomic mass is 16.5. The molecule has 6 heteroatoms. The zero-order chi connectivity index (χ0) is 20.8. The predicted molar refractivity (Wildman–Crippen MR) is 118 cm³/mol. The molecule has 162 valence electrons. The number of aromatic nitrogens is 2. The summed E-state index contributed by atoms with van der Waals surface area (Å²) in [5.74, 6) is 1.91. The number of piperidine rings is 1. The number of rotatable bonds is 8. The van der Waals surface area contributed by atoms with E-state index in [2.05, 4.69) is 51.0 Å². The van der Waals surface area contributed by atoms with Crippen LogP contribution >= 0.6 is 0 Å². The van der Waals surface area contributed by atoms with Crippen molar-refractivity contribution in [1.82, 2.24) is 19.8 Å². The molecule has 1 amide bonds. The molecular weight excluding hydrogens is 376 g/mol. The Bertz CT molecular complexity index is 820. The Morgan fingerprint density at radius 3 is 2.90 bits per heavy atom. The summed E-state index contributed by atoms with van der Waals surface area (Å²) >= 11 is 0. The van der Waals surface area contributed by atoms with Crippen LogP contribution in [0.1, 0.15) is 49.9 Å². The molecule has 30 heavy (non-hydrogen) atoms. The van der Waals surface area contributed by atoms with Gasteiger partial charge in [0, 0.05) is 37.7 Å². The average molecular weight is 411 g/mol. The first-order chi connectivity index (χ1) is 14.7. The van der Waals surface area contributed by atoms with Gasteiger partial charge in [0.15, 0.2) is 0 Å². The molecule has 2 aliphatic heterocycles. The third-order valence-electron chi connectivity index (χ3n) is 6.40. The van der Waals surface area contributed by atoms with Crippen molar-refractivity contribution in [3.8, 4) is 5.69 Å². The molecule has 1 aromatic heterocycles. The number of likely N-dealkylation sites (tertiary alicyclic amines) is 1. The summed E-state index contributed by atoms with van der Waals surface area (Å²) in [5.41, 5.74) is 2.43. The van der Waals surface area contributed by atoms with E-state index in [0.717, 1.165) is 64.2 Å². The summed E-state index contributed by atoms with van der Waals surface area (Å²) in [4.78, 5) is 19.2. The van der Waals surface area contributed by atoms with Gasteiger partial charge >= 0.3 is 0 Å². The first-order valence-electron chi connectivity index (χ1n) is 11.4. The van der Waals surface area contributed by atoms with Gasteiger partial charge in [-0.2, -0.15) is 0 Å². The topological polar surface area (TPSA) is 59.4 Å². The van der Waals surface area contributed by atoms with Crippen LogP contribution in [0.25, 0.3) is 5.69 Å². The maximum Gasteiger partial charge on any atom is 0.220 e. The Balaban J connectivity index is 1.19. The van der Waals surface area contributed by atoms with E-state index in [1.165, 1.54) is 11.3 Å². The third kappa shape index (κ3) is 5.70. The van der Waals surface area contributed by atoms with Crippen LogP contribution in [0.15, 0.2) is 36.7 Å². The molecule has 0 spiro atoms. The van der Waals surface area contributed by atoms with Crippen LogP contribution in [-0.4, -0.2) is 52.7 Å². The number of carbonyl (C=O) groups excluding carboxylic acids is 1. The van der Waals surface area contributed by atoms with Crippen LogP contribution in [0.4, 0.5) is 0 Å². The van der Waals surface area contributed by atoms with Crippen LogP contribution < -0.4 is 5.32 Å². The fraction of sp³-hybridized carbons (Fsp3) is 0.583. The second-order valence-corrected chi connectivity index (χ2v) is 8.75. The van der Waals surface area contributed by atoms with E-state index in [9.17, 15) is 4.79 Å². The minimum Gasteiger partial charge on any atom is -0.376 e. The van der Waals surface area contributed by atoms with Crippen LogP contribution in [-0.2, 0) is 16.1 Å². The number of amides is 1. The molecule has 0 aliphatic carbocycles. The fourth-order valence-corrected chi connectivity index (χ4v) is 4.55. The molecule has 3 heterocycles. The van der Waals surface area contributed by atoms with E-state index in [1.54, 1.807) is 0 Å². The molecule has 0 radical (unpaired) electrons. The molecule has 1 aromatic carbocycles. The SMILES string of the molecule is Cc1cccc(-n2ccnc2CN2CCC(CCC(=O)NC[C@@H]3CCCO3)CC2)c1. The minimum atomic E-state index is 0.174. The molecule has 0 bridgehead atoms. The number of ether oxygens (including phenoxy) is 1. The van der Waals surface area contributed by atoms with Gasteiger partial charge < -0.3 is 14.6 Å². The molecule has 1 N–H and O–H groups in total. The van der Waals surface area contributed by atoms with Gasteiger partial charge in [-0.25, -0.2) is 4.98 Å². The number of hydrogen-bond donors (Lipinski definition) is 1. The van der Waals surface area contributed by atoms with Crippen molar-refractivity contribution < 1.29 is 9.53 Å². The highest BCUT2D eigenvalue weighted by Crippen LogP contribution is 2.23. The lowest BCUT2D eigenvalue weighted by Crippen LogP contribution is -2.35. The third-order valence-corrected chi connectivity index (χ3v) is 6.40. The molecular formula is C24H34N4O2. The van der Waals surface area contributed by atoms with E-state index < -0.39 is 0 Å². The molecule has 2 fully saturated rings. The molecule has 2 aliphatic rings. The Morgan fingerprint density at radius 2 is 2.13 bits per heavy atom. The number of benzene rings is 1. The molecule has 0 saturated carbocycles. The van der Waals surface area contributed by atoms with Crippen molar-refractivity contribution in [3.63, 3.8) is 0 Å². The van der Waals surface area contributed by atoms with E-state index in [0.29, 0.717) is 18.9 Å². The zero-order valence-electron chi connectivity index (χ0n) is 18.1. The molecule has 1 atom stereocenters. The predicted octanol–water partition coefficient (Wildman–Crippen LogP) is 3.47. The average Bonchev–Trinajstić information content (AvgIpc) is 3.44. The zero-order valence-corrected chi connectivity index (χ0v) is 18.1. The first-order valence-corrected chi connectivity index (χ1v) is 11.4. The van der Waals surface area contributed by atoms with Crippen molar-refractivity contribution in [1.29, 1.82) is 0 Å².